The van der Waals surface area contributed by atoms with Gasteiger partial charge in [0.2, 0.25) is 0 Å². The standard InChI is InChI=1S/C25H23FN2O2/c26-21-9-5-4-8-18(21)25(30)28-13-12-19-23(15-29)27-22-11-10-17(14-20(22)24(19)28)16-6-2-1-3-7-16/h1-11,14,19,23-24,27,29H,12-13,15H2/t19-,23+,24-/m0/s1. The number of benzene rings is 3. The van der Waals surface area contributed by atoms with Crippen LogP contribution in [0.25, 0.3) is 11.1 Å². The SMILES string of the molecule is O=C(c1ccccc1F)N1CC[C@@H]2[C@H]1c1cc(-c3ccccc3)ccc1N[C@@H]2CO. The molecular weight excluding hydrogens is 379 g/mol. The summed E-state index contributed by atoms with van der Waals surface area (Å²) in [6.45, 7) is 0.526. The molecule has 3 atom stereocenters. The normalized spacial score (nSPS) is 22.2. The van der Waals surface area contributed by atoms with Gasteiger partial charge in [-0.3, -0.25) is 4.79 Å². The fraction of sp³-hybridized carbons (Fsp3) is 0.240. The third-order valence-electron chi connectivity index (χ3n) is 6.34. The molecule has 1 fully saturated rings. The van der Waals surface area contributed by atoms with E-state index in [1.165, 1.54) is 12.1 Å². The summed E-state index contributed by atoms with van der Waals surface area (Å²) in [6, 6.07) is 22.1. The average molecular weight is 402 g/mol. The first-order valence-corrected chi connectivity index (χ1v) is 10.3. The molecule has 0 radical (unpaired) electrons. The first-order valence-electron chi connectivity index (χ1n) is 10.3. The topological polar surface area (TPSA) is 52.6 Å². The highest BCUT2D eigenvalue weighted by Gasteiger charge is 2.46. The third kappa shape index (κ3) is 3.06. The number of aliphatic hydroxyl groups is 1. The summed E-state index contributed by atoms with van der Waals surface area (Å²) in [6.07, 6.45) is 0.762. The summed E-state index contributed by atoms with van der Waals surface area (Å²) in [5.41, 5.74) is 4.21. The quantitative estimate of drug-likeness (QED) is 0.679. The molecule has 3 aromatic carbocycles. The number of anilines is 1. The number of nitrogens with zero attached hydrogens (tertiary/aromatic N) is 1. The number of halogens is 1. The molecule has 0 aliphatic carbocycles. The van der Waals surface area contributed by atoms with Crippen molar-refractivity contribution in [2.24, 2.45) is 5.92 Å². The molecule has 1 saturated heterocycles. The van der Waals surface area contributed by atoms with Gasteiger partial charge >= 0.3 is 0 Å². The Kier molecular flexibility index (Phi) is 4.75. The Balaban J connectivity index is 1.59. The van der Waals surface area contributed by atoms with Gasteiger partial charge in [-0.15, -0.1) is 0 Å². The average Bonchev–Trinajstić information content (AvgIpc) is 3.24. The van der Waals surface area contributed by atoms with Crippen LogP contribution < -0.4 is 5.32 Å². The smallest absolute Gasteiger partial charge is 0.257 e. The van der Waals surface area contributed by atoms with Crippen LogP contribution >= 0.6 is 0 Å². The van der Waals surface area contributed by atoms with Crippen LogP contribution in [0.1, 0.15) is 28.4 Å². The number of carbonyl (C=O) groups excluding carboxylic acids is 1. The molecule has 30 heavy (non-hydrogen) atoms. The summed E-state index contributed by atoms with van der Waals surface area (Å²) < 4.78 is 14.3. The maximum Gasteiger partial charge on any atom is 0.257 e. The van der Waals surface area contributed by atoms with Crippen LogP contribution in [0.15, 0.2) is 72.8 Å². The van der Waals surface area contributed by atoms with E-state index in [0.29, 0.717) is 6.54 Å². The number of nitrogens with one attached hydrogen (secondary N) is 1. The second kappa shape index (κ2) is 7.58. The number of fused-ring (bicyclic) bond motifs is 3. The predicted molar refractivity (Wildman–Crippen MR) is 115 cm³/mol. The molecule has 2 N–H and O–H groups in total. The first kappa shape index (κ1) is 18.8. The Morgan fingerprint density at radius 1 is 1.03 bits per heavy atom. The molecule has 152 valence electrons. The van der Waals surface area contributed by atoms with E-state index in [1.54, 1.807) is 17.0 Å². The Morgan fingerprint density at radius 3 is 2.57 bits per heavy atom. The molecule has 0 aromatic heterocycles. The first-order chi connectivity index (χ1) is 14.7. The fourth-order valence-corrected chi connectivity index (χ4v) is 4.89. The van der Waals surface area contributed by atoms with Crippen LogP contribution in [0.3, 0.4) is 0 Å². The minimum Gasteiger partial charge on any atom is -0.394 e. The molecule has 2 heterocycles. The number of rotatable bonds is 3. The van der Waals surface area contributed by atoms with Crippen LogP contribution in [0, 0.1) is 11.7 Å². The summed E-state index contributed by atoms with van der Waals surface area (Å²) in [5.74, 6) is -0.726. The number of aliphatic hydroxyl groups excluding tert-OH is 1. The van der Waals surface area contributed by atoms with Crippen LogP contribution in [0.5, 0.6) is 0 Å². The predicted octanol–water partition coefficient (Wildman–Crippen LogP) is 4.48. The van der Waals surface area contributed by atoms with E-state index in [0.717, 1.165) is 28.8 Å². The van der Waals surface area contributed by atoms with Crippen LogP contribution in [-0.2, 0) is 0 Å². The van der Waals surface area contributed by atoms with Gasteiger partial charge in [-0.05, 0) is 47.4 Å². The molecule has 3 aromatic rings. The van der Waals surface area contributed by atoms with Crippen molar-refractivity contribution in [3.63, 3.8) is 0 Å². The maximum atomic E-state index is 14.3. The van der Waals surface area contributed by atoms with E-state index in [-0.39, 0.29) is 36.1 Å². The molecule has 1 amide bonds. The summed E-state index contributed by atoms with van der Waals surface area (Å²) in [7, 11) is 0. The lowest BCUT2D eigenvalue weighted by Gasteiger charge is -2.39. The highest BCUT2D eigenvalue weighted by atomic mass is 19.1. The Morgan fingerprint density at radius 2 is 1.80 bits per heavy atom. The van der Waals surface area contributed by atoms with E-state index in [4.69, 9.17) is 0 Å². The molecular formula is C25H23FN2O2. The second-order valence-corrected chi connectivity index (χ2v) is 7.98. The molecule has 4 nitrogen and oxygen atoms in total. The van der Waals surface area contributed by atoms with E-state index >= 15 is 0 Å². The van der Waals surface area contributed by atoms with E-state index in [9.17, 15) is 14.3 Å². The highest BCUT2D eigenvalue weighted by Crippen LogP contribution is 2.47. The van der Waals surface area contributed by atoms with Crippen LogP contribution in [0.4, 0.5) is 10.1 Å². The minimum absolute atomic E-state index is 0.0111. The zero-order valence-electron chi connectivity index (χ0n) is 16.5. The summed E-state index contributed by atoms with van der Waals surface area (Å²) in [4.78, 5) is 15.1. The summed E-state index contributed by atoms with van der Waals surface area (Å²) in [5, 5.41) is 13.4. The van der Waals surface area contributed by atoms with Crippen molar-refractivity contribution in [1.82, 2.24) is 4.90 Å². The lowest BCUT2D eigenvalue weighted by Crippen LogP contribution is -2.43. The van der Waals surface area contributed by atoms with Crippen molar-refractivity contribution in [2.75, 3.05) is 18.5 Å². The fourth-order valence-electron chi connectivity index (χ4n) is 4.89. The number of carbonyl (C=O) groups is 1. The maximum absolute atomic E-state index is 14.3. The monoisotopic (exact) mass is 402 g/mol. The lowest BCUT2D eigenvalue weighted by molar-refractivity contribution is 0.0696. The van der Waals surface area contributed by atoms with Crippen molar-refractivity contribution in [3.8, 4) is 11.1 Å². The van der Waals surface area contributed by atoms with Gasteiger partial charge in [0, 0.05) is 18.2 Å². The number of hydrogen-bond donors (Lipinski definition) is 2. The zero-order valence-corrected chi connectivity index (χ0v) is 16.5. The van der Waals surface area contributed by atoms with Gasteiger partial charge in [0.05, 0.1) is 24.3 Å². The van der Waals surface area contributed by atoms with Gasteiger partial charge in [0.15, 0.2) is 0 Å². The Hall–Kier alpha value is -3.18. The lowest BCUT2D eigenvalue weighted by atomic mass is 9.82. The van der Waals surface area contributed by atoms with Gasteiger partial charge in [-0.2, -0.15) is 0 Å². The molecule has 0 unspecified atom stereocenters. The summed E-state index contributed by atoms with van der Waals surface area (Å²) >= 11 is 0. The molecule has 5 rings (SSSR count). The largest absolute Gasteiger partial charge is 0.394 e. The van der Waals surface area contributed by atoms with Gasteiger partial charge < -0.3 is 15.3 Å². The van der Waals surface area contributed by atoms with Gasteiger partial charge in [0.25, 0.3) is 5.91 Å². The van der Waals surface area contributed by atoms with Crippen LogP contribution in [0.2, 0.25) is 0 Å². The van der Waals surface area contributed by atoms with E-state index in [1.807, 2.05) is 30.3 Å². The van der Waals surface area contributed by atoms with Crippen molar-refractivity contribution < 1.29 is 14.3 Å². The number of hydrogen-bond acceptors (Lipinski definition) is 3. The molecule has 0 spiro atoms. The van der Waals surface area contributed by atoms with Gasteiger partial charge in [-0.25, -0.2) is 4.39 Å². The van der Waals surface area contributed by atoms with Crippen LogP contribution in [-0.4, -0.2) is 35.1 Å². The molecule has 0 bridgehead atoms. The molecule has 0 saturated carbocycles. The van der Waals surface area contributed by atoms with Gasteiger partial charge in [-0.1, -0.05) is 48.5 Å². The van der Waals surface area contributed by atoms with E-state index < -0.39 is 5.82 Å². The second-order valence-electron chi connectivity index (χ2n) is 7.98. The van der Waals surface area contributed by atoms with Crippen molar-refractivity contribution in [2.45, 2.75) is 18.5 Å². The third-order valence-corrected chi connectivity index (χ3v) is 6.34. The number of amides is 1. The zero-order chi connectivity index (χ0) is 20.7. The molecule has 2 aliphatic rings. The molecule has 2 aliphatic heterocycles. The van der Waals surface area contributed by atoms with Crippen molar-refractivity contribution in [1.29, 1.82) is 0 Å². The Bertz CT molecular complexity index is 1090. The van der Waals surface area contributed by atoms with E-state index in [2.05, 4.69) is 23.5 Å². The minimum atomic E-state index is -0.503. The van der Waals surface area contributed by atoms with Crippen molar-refractivity contribution >= 4 is 11.6 Å². The Labute approximate surface area is 175 Å². The number of likely N-dealkylation sites (tertiary alicyclic amines) is 1. The molecule has 5 heteroatoms. The highest BCUT2D eigenvalue weighted by molar-refractivity contribution is 5.95. The van der Waals surface area contributed by atoms with Crippen molar-refractivity contribution in [3.05, 3.63) is 89.7 Å². The van der Waals surface area contributed by atoms with Gasteiger partial charge in [0.1, 0.15) is 5.82 Å².